The molecule has 1 heterocycles. The van der Waals surface area contributed by atoms with E-state index in [9.17, 15) is 9.59 Å². The molecule has 0 unspecified atom stereocenters. The van der Waals surface area contributed by atoms with Gasteiger partial charge in [-0.15, -0.1) is 0 Å². The van der Waals surface area contributed by atoms with Gasteiger partial charge in [0, 0.05) is 0 Å². The summed E-state index contributed by atoms with van der Waals surface area (Å²) in [6, 6.07) is 16.5. The van der Waals surface area contributed by atoms with Crippen LogP contribution in [0.15, 0.2) is 64.5 Å². The average molecular weight is 338 g/mol. The number of carbonyl (C=O) groups excluding carboxylic acids is 1. The fourth-order valence-corrected chi connectivity index (χ4v) is 3.00. The minimum Gasteiger partial charge on any atom is -0.481 e. The minimum atomic E-state index is -0.872. The van der Waals surface area contributed by atoms with E-state index in [2.05, 4.69) is 10.3 Å². The summed E-state index contributed by atoms with van der Waals surface area (Å²) in [5, 5.41) is 12.0. The van der Waals surface area contributed by atoms with E-state index in [0.29, 0.717) is 21.3 Å². The molecule has 120 valence electrons. The smallest absolute Gasteiger partial charge is 0.307 e. The molecule has 1 saturated heterocycles. The van der Waals surface area contributed by atoms with Crippen molar-refractivity contribution in [1.82, 2.24) is 5.32 Å². The van der Waals surface area contributed by atoms with Gasteiger partial charge in [0.15, 0.2) is 5.17 Å². The first-order chi connectivity index (χ1) is 11.6. The number of carboxylic acid groups (broad SMARTS) is 1. The Morgan fingerprint density at radius 1 is 1.12 bits per heavy atom. The maximum Gasteiger partial charge on any atom is 0.307 e. The number of carboxylic acids is 1. The van der Waals surface area contributed by atoms with Crippen molar-refractivity contribution in [3.05, 3.63) is 70.6 Å². The van der Waals surface area contributed by atoms with E-state index >= 15 is 0 Å². The molecule has 0 bridgehead atoms. The molecule has 1 aliphatic rings. The fraction of sp³-hybridized carbons (Fsp3) is 0.0556. The molecule has 1 fully saturated rings. The van der Waals surface area contributed by atoms with Crippen LogP contribution in [0.4, 0.5) is 5.69 Å². The molecule has 1 amide bonds. The number of nitrogens with zero attached hydrogens (tertiary/aromatic N) is 1. The van der Waals surface area contributed by atoms with Crippen LogP contribution in [0.3, 0.4) is 0 Å². The number of aliphatic carboxylic acids is 1. The highest BCUT2D eigenvalue weighted by atomic mass is 32.2. The highest BCUT2D eigenvalue weighted by molar-refractivity contribution is 8.18. The highest BCUT2D eigenvalue weighted by Crippen LogP contribution is 2.28. The number of hydrogen-bond donors (Lipinski definition) is 2. The maximum absolute atomic E-state index is 12.0. The van der Waals surface area contributed by atoms with Crippen LogP contribution in [0.2, 0.25) is 0 Å². The van der Waals surface area contributed by atoms with Crippen molar-refractivity contribution < 1.29 is 14.7 Å². The molecule has 24 heavy (non-hydrogen) atoms. The van der Waals surface area contributed by atoms with Crippen molar-refractivity contribution in [2.75, 3.05) is 0 Å². The number of amidine groups is 1. The number of rotatable bonds is 4. The van der Waals surface area contributed by atoms with E-state index in [1.165, 1.54) is 11.8 Å². The lowest BCUT2D eigenvalue weighted by molar-refractivity contribution is -0.136. The van der Waals surface area contributed by atoms with E-state index in [1.807, 2.05) is 36.4 Å². The molecule has 2 N–H and O–H groups in total. The number of benzene rings is 2. The third-order valence-corrected chi connectivity index (χ3v) is 4.18. The molecule has 5 nitrogen and oxygen atoms in total. The van der Waals surface area contributed by atoms with Gasteiger partial charge >= 0.3 is 5.97 Å². The largest absolute Gasteiger partial charge is 0.481 e. The SMILES string of the molecule is O=C(O)Cc1ccc(N=C2NC(=O)C(=Cc3ccccc3)S2)cc1. The monoisotopic (exact) mass is 338 g/mol. The van der Waals surface area contributed by atoms with Crippen molar-refractivity contribution in [1.29, 1.82) is 0 Å². The molecule has 1 aliphatic heterocycles. The van der Waals surface area contributed by atoms with Crippen molar-refractivity contribution >= 4 is 40.6 Å². The van der Waals surface area contributed by atoms with E-state index in [-0.39, 0.29) is 12.3 Å². The quantitative estimate of drug-likeness (QED) is 0.839. The standard InChI is InChI=1S/C18H14N2O3S/c21-16(22)11-13-6-8-14(9-7-13)19-18-20-17(23)15(24-18)10-12-4-2-1-3-5-12/h1-10H,11H2,(H,21,22)(H,19,20,23). The van der Waals surface area contributed by atoms with Crippen molar-refractivity contribution in [3.63, 3.8) is 0 Å². The molecule has 6 heteroatoms. The molecular weight excluding hydrogens is 324 g/mol. The molecule has 0 radical (unpaired) electrons. The van der Waals surface area contributed by atoms with Gasteiger partial charge in [0.2, 0.25) is 0 Å². The van der Waals surface area contributed by atoms with E-state index < -0.39 is 5.97 Å². The van der Waals surface area contributed by atoms with Crippen LogP contribution in [0.5, 0.6) is 0 Å². The Labute approximate surface area is 143 Å². The van der Waals surface area contributed by atoms with Crippen LogP contribution in [0.25, 0.3) is 6.08 Å². The van der Waals surface area contributed by atoms with E-state index in [0.717, 1.165) is 5.56 Å². The molecule has 2 aromatic carbocycles. The summed E-state index contributed by atoms with van der Waals surface area (Å²) in [5.41, 5.74) is 2.32. The Kier molecular flexibility index (Phi) is 4.77. The van der Waals surface area contributed by atoms with Gasteiger partial charge in [-0.2, -0.15) is 0 Å². The topological polar surface area (TPSA) is 78.8 Å². The summed E-state index contributed by atoms with van der Waals surface area (Å²) in [6.07, 6.45) is 1.80. The van der Waals surface area contributed by atoms with E-state index in [4.69, 9.17) is 5.11 Å². The lowest BCUT2D eigenvalue weighted by Crippen LogP contribution is -2.19. The second-order valence-corrected chi connectivity index (χ2v) is 6.16. The average Bonchev–Trinajstić information content (AvgIpc) is 2.89. The minimum absolute atomic E-state index is 0.0215. The number of amides is 1. The Morgan fingerprint density at radius 2 is 1.83 bits per heavy atom. The molecule has 0 atom stereocenters. The number of carbonyl (C=O) groups is 2. The number of hydrogen-bond acceptors (Lipinski definition) is 4. The van der Waals surface area contributed by atoms with Gasteiger partial charge < -0.3 is 10.4 Å². The number of nitrogens with one attached hydrogen (secondary N) is 1. The van der Waals surface area contributed by atoms with Gasteiger partial charge in [0.25, 0.3) is 5.91 Å². The molecule has 3 rings (SSSR count). The van der Waals surface area contributed by atoms with Crippen LogP contribution in [0, 0.1) is 0 Å². The predicted octanol–water partition coefficient (Wildman–Crippen LogP) is 3.21. The lowest BCUT2D eigenvalue weighted by Gasteiger charge is -1.99. The zero-order valence-corrected chi connectivity index (χ0v) is 13.4. The lowest BCUT2D eigenvalue weighted by atomic mass is 10.1. The zero-order valence-electron chi connectivity index (χ0n) is 12.6. The van der Waals surface area contributed by atoms with Crippen LogP contribution < -0.4 is 5.32 Å². The second-order valence-electron chi connectivity index (χ2n) is 5.13. The normalized spacial score (nSPS) is 17.2. The predicted molar refractivity (Wildman–Crippen MR) is 95.0 cm³/mol. The summed E-state index contributed by atoms with van der Waals surface area (Å²) in [5.74, 6) is -1.05. The molecule has 2 aromatic rings. The van der Waals surface area contributed by atoms with Gasteiger partial charge in [0.05, 0.1) is 17.0 Å². The summed E-state index contributed by atoms with van der Waals surface area (Å²) >= 11 is 1.28. The zero-order chi connectivity index (χ0) is 16.9. The van der Waals surface area contributed by atoms with Crippen LogP contribution in [-0.4, -0.2) is 22.2 Å². The molecular formula is C18H14N2O3S. The molecule has 0 spiro atoms. The first kappa shape index (κ1) is 16.0. The Hall–Kier alpha value is -2.86. The van der Waals surface area contributed by atoms with Gasteiger partial charge in [-0.25, -0.2) is 4.99 Å². The Morgan fingerprint density at radius 3 is 2.50 bits per heavy atom. The van der Waals surface area contributed by atoms with Crippen LogP contribution >= 0.6 is 11.8 Å². The Bertz CT molecular complexity index is 827. The Balaban J connectivity index is 1.74. The van der Waals surface area contributed by atoms with Gasteiger partial charge in [-0.1, -0.05) is 42.5 Å². The van der Waals surface area contributed by atoms with Gasteiger partial charge in [0.1, 0.15) is 0 Å². The van der Waals surface area contributed by atoms with Gasteiger partial charge in [-0.3, -0.25) is 9.59 Å². The van der Waals surface area contributed by atoms with Crippen molar-refractivity contribution in [2.24, 2.45) is 4.99 Å². The first-order valence-corrected chi connectivity index (χ1v) is 8.07. The fourth-order valence-electron chi connectivity index (χ4n) is 2.16. The third kappa shape index (κ3) is 4.11. The van der Waals surface area contributed by atoms with Crippen LogP contribution in [0.1, 0.15) is 11.1 Å². The second kappa shape index (κ2) is 7.14. The number of aliphatic imine (C=N–C) groups is 1. The molecule has 0 aliphatic carbocycles. The summed E-state index contributed by atoms with van der Waals surface area (Å²) in [4.78, 5) is 27.6. The first-order valence-electron chi connectivity index (χ1n) is 7.25. The van der Waals surface area contributed by atoms with Crippen LogP contribution in [-0.2, 0) is 16.0 Å². The van der Waals surface area contributed by atoms with Crippen molar-refractivity contribution in [2.45, 2.75) is 6.42 Å². The molecule has 0 saturated carbocycles. The summed E-state index contributed by atoms with van der Waals surface area (Å²) in [7, 11) is 0. The van der Waals surface area contributed by atoms with E-state index in [1.54, 1.807) is 24.3 Å². The maximum atomic E-state index is 12.0. The summed E-state index contributed by atoms with van der Waals surface area (Å²) in [6.45, 7) is 0. The summed E-state index contributed by atoms with van der Waals surface area (Å²) < 4.78 is 0. The van der Waals surface area contributed by atoms with Gasteiger partial charge in [-0.05, 0) is 41.1 Å². The molecule has 0 aromatic heterocycles. The highest BCUT2D eigenvalue weighted by Gasteiger charge is 2.23. The number of thioether (sulfide) groups is 1. The van der Waals surface area contributed by atoms with Crippen molar-refractivity contribution in [3.8, 4) is 0 Å². The third-order valence-electron chi connectivity index (χ3n) is 3.27.